The molecule has 2 rings (SSSR count). The average molecular weight is 307 g/mol. The number of hydrogen-bond donors (Lipinski definition) is 2. The zero-order chi connectivity index (χ0) is 14.5. The highest BCUT2D eigenvalue weighted by Gasteiger charge is 2.15. The molecule has 1 unspecified atom stereocenters. The van der Waals surface area contributed by atoms with Gasteiger partial charge in [0.25, 0.3) is 0 Å². The molecule has 3 nitrogen and oxygen atoms in total. The number of benzene rings is 2. The maximum absolute atomic E-state index is 12.1. The molecule has 0 aliphatic carbocycles. The Labute approximate surface area is 127 Å². The Morgan fingerprint density at radius 3 is 2.50 bits per heavy atom. The molecule has 1 atom stereocenters. The third-order valence-electron chi connectivity index (χ3n) is 2.70. The predicted molar refractivity (Wildman–Crippen MR) is 86.3 cm³/mol. The maximum Gasteiger partial charge on any atom is 0.237 e. The first-order valence-electron chi connectivity index (χ1n) is 6.14. The van der Waals surface area contributed by atoms with E-state index in [0.29, 0.717) is 10.7 Å². The lowest BCUT2D eigenvalue weighted by atomic mass is 10.3. The second kappa shape index (κ2) is 6.68. The van der Waals surface area contributed by atoms with Crippen LogP contribution < -0.4 is 11.1 Å². The largest absolute Gasteiger partial charge is 0.398 e. The molecule has 1 amide bonds. The van der Waals surface area contributed by atoms with Crippen molar-refractivity contribution in [1.29, 1.82) is 0 Å². The number of rotatable bonds is 4. The first kappa shape index (κ1) is 14.8. The van der Waals surface area contributed by atoms with Gasteiger partial charge in [0.05, 0.1) is 5.25 Å². The Hall–Kier alpha value is -1.65. The molecule has 0 radical (unpaired) electrons. The molecule has 3 N–H and O–H groups in total. The Bertz CT molecular complexity index is 601. The first-order valence-corrected chi connectivity index (χ1v) is 7.39. The van der Waals surface area contributed by atoms with E-state index in [1.165, 1.54) is 11.8 Å². The van der Waals surface area contributed by atoms with Crippen molar-refractivity contribution >= 4 is 40.6 Å². The number of halogens is 1. The predicted octanol–water partition coefficient (Wildman–Crippen LogP) is 4.04. The number of carbonyl (C=O) groups excluding carboxylic acids is 1. The highest BCUT2D eigenvalue weighted by Crippen LogP contribution is 2.29. The normalized spacial score (nSPS) is 11.9. The second-order valence-corrected chi connectivity index (χ2v) is 6.11. The third-order valence-corrected chi connectivity index (χ3v) is 4.15. The molecular weight excluding hydrogens is 292 g/mol. The van der Waals surface area contributed by atoms with Crippen LogP contribution in [0.25, 0.3) is 0 Å². The average Bonchev–Trinajstić information content (AvgIpc) is 2.44. The van der Waals surface area contributed by atoms with Gasteiger partial charge in [0.1, 0.15) is 0 Å². The lowest BCUT2D eigenvalue weighted by Gasteiger charge is -2.13. The fraction of sp³-hybridized carbons (Fsp3) is 0.133. The number of para-hydroxylation sites is 1. The summed E-state index contributed by atoms with van der Waals surface area (Å²) in [5, 5.41) is 3.25. The second-order valence-electron chi connectivity index (χ2n) is 4.29. The third kappa shape index (κ3) is 3.92. The van der Waals surface area contributed by atoms with Gasteiger partial charge in [0.2, 0.25) is 5.91 Å². The van der Waals surface area contributed by atoms with Crippen LogP contribution in [-0.2, 0) is 4.79 Å². The number of nitrogen functional groups attached to an aromatic ring is 1. The number of nitrogens with one attached hydrogen (secondary N) is 1. The SMILES string of the molecule is CC(Sc1ccccc1N)C(=O)Nc1ccc(Cl)cc1. The van der Waals surface area contributed by atoms with Crippen LogP contribution in [0.4, 0.5) is 11.4 Å². The van der Waals surface area contributed by atoms with E-state index in [4.69, 9.17) is 17.3 Å². The van der Waals surface area contributed by atoms with E-state index < -0.39 is 0 Å². The van der Waals surface area contributed by atoms with Crippen LogP contribution in [0, 0.1) is 0 Å². The lowest BCUT2D eigenvalue weighted by molar-refractivity contribution is -0.115. The minimum atomic E-state index is -0.240. The minimum absolute atomic E-state index is 0.0689. The highest BCUT2D eigenvalue weighted by atomic mass is 35.5. The van der Waals surface area contributed by atoms with E-state index in [2.05, 4.69) is 5.32 Å². The summed E-state index contributed by atoms with van der Waals surface area (Å²) in [6, 6.07) is 14.5. The van der Waals surface area contributed by atoms with Gasteiger partial charge in [0.15, 0.2) is 0 Å². The number of nitrogens with two attached hydrogens (primary N) is 1. The molecule has 5 heteroatoms. The van der Waals surface area contributed by atoms with Crippen molar-refractivity contribution in [2.45, 2.75) is 17.1 Å². The summed E-state index contributed by atoms with van der Waals surface area (Å²) in [5.74, 6) is -0.0689. The van der Waals surface area contributed by atoms with Gasteiger partial charge >= 0.3 is 0 Å². The van der Waals surface area contributed by atoms with Crippen molar-refractivity contribution in [3.8, 4) is 0 Å². The van der Waals surface area contributed by atoms with Crippen LogP contribution >= 0.6 is 23.4 Å². The molecule has 0 bridgehead atoms. The van der Waals surface area contributed by atoms with E-state index >= 15 is 0 Å². The molecule has 0 heterocycles. The van der Waals surface area contributed by atoms with E-state index in [-0.39, 0.29) is 11.2 Å². The van der Waals surface area contributed by atoms with E-state index in [9.17, 15) is 4.79 Å². The first-order chi connectivity index (χ1) is 9.56. The molecule has 0 fully saturated rings. The van der Waals surface area contributed by atoms with Crippen LogP contribution in [0.1, 0.15) is 6.92 Å². The van der Waals surface area contributed by atoms with Gasteiger partial charge in [0, 0.05) is 21.3 Å². The fourth-order valence-corrected chi connectivity index (χ4v) is 2.64. The van der Waals surface area contributed by atoms with Crippen LogP contribution in [0.15, 0.2) is 53.4 Å². The number of amides is 1. The fourth-order valence-electron chi connectivity index (χ4n) is 1.61. The number of hydrogen-bond acceptors (Lipinski definition) is 3. The standard InChI is InChI=1S/C15H15ClN2OS/c1-10(20-14-5-3-2-4-13(14)17)15(19)18-12-8-6-11(16)7-9-12/h2-10H,17H2,1H3,(H,18,19). The van der Waals surface area contributed by atoms with Crippen molar-refractivity contribution in [2.75, 3.05) is 11.1 Å². The molecule has 0 spiro atoms. The van der Waals surface area contributed by atoms with Gasteiger partial charge in [-0.25, -0.2) is 0 Å². The van der Waals surface area contributed by atoms with Crippen LogP contribution in [-0.4, -0.2) is 11.2 Å². The molecule has 0 saturated carbocycles. The van der Waals surface area contributed by atoms with Crippen molar-refractivity contribution in [3.63, 3.8) is 0 Å². The zero-order valence-corrected chi connectivity index (χ0v) is 12.5. The van der Waals surface area contributed by atoms with E-state index in [0.717, 1.165) is 10.6 Å². The summed E-state index contributed by atoms with van der Waals surface area (Å²) >= 11 is 7.24. The minimum Gasteiger partial charge on any atom is -0.398 e. The van der Waals surface area contributed by atoms with Gasteiger partial charge in [-0.2, -0.15) is 0 Å². The summed E-state index contributed by atoms with van der Waals surface area (Å²) in [6.07, 6.45) is 0. The molecule has 0 aliphatic rings. The molecule has 0 aromatic heterocycles. The Morgan fingerprint density at radius 1 is 1.20 bits per heavy atom. The molecule has 20 heavy (non-hydrogen) atoms. The number of thioether (sulfide) groups is 1. The molecular formula is C15H15ClN2OS. The van der Waals surface area contributed by atoms with Crippen LogP contribution in [0.5, 0.6) is 0 Å². The summed E-state index contributed by atoms with van der Waals surface area (Å²) < 4.78 is 0. The van der Waals surface area contributed by atoms with E-state index in [1.807, 2.05) is 31.2 Å². The van der Waals surface area contributed by atoms with E-state index in [1.54, 1.807) is 24.3 Å². The quantitative estimate of drug-likeness (QED) is 0.662. The van der Waals surface area contributed by atoms with Gasteiger partial charge in [-0.3, -0.25) is 4.79 Å². The molecule has 104 valence electrons. The smallest absolute Gasteiger partial charge is 0.237 e. The maximum atomic E-state index is 12.1. The van der Waals surface area contributed by atoms with Gasteiger partial charge in [-0.05, 0) is 43.3 Å². The van der Waals surface area contributed by atoms with Gasteiger partial charge in [-0.15, -0.1) is 11.8 Å². The Balaban J connectivity index is 1.99. The molecule has 2 aromatic rings. The van der Waals surface area contributed by atoms with Crippen molar-refractivity contribution in [1.82, 2.24) is 0 Å². The molecule has 0 saturated heterocycles. The monoisotopic (exact) mass is 306 g/mol. The van der Waals surface area contributed by atoms with Crippen LogP contribution in [0.3, 0.4) is 0 Å². The topological polar surface area (TPSA) is 55.1 Å². The Kier molecular flexibility index (Phi) is 4.93. The summed E-state index contributed by atoms with van der Waals surface area (Å²) in [4.78, 5) is 13.0. The molecule has 2 aromatic carbocycles. The Morgan fingerprint density at radius 2 is 1.85 bits per heavy atom. The zero-order valence-electron chi connectivity index (χ0n) is 11.0. The van der Waals surface area contributed by atoms with Crippen LogP contribution in [0.2, 0.25) is 5.02 Å². The number of anilines is 2. The van der Waals surface area contributed by atoms with Crippen molar-refractivity contribution in [3.05, 3.63) is 53.6 Å². The number of carbonyl (C=O) groups is 1. The lowest BCUT2D eigenvalue weighted by Crippen LogP contribution is -2.22. The molecule has 0 aliphatic heterocycles. The highest BCUT2D eigenvalue weighted by molar-refractivity contribution is 8.00. The van der Waals surface area contributed by atoms with Gasteiger partial charge in [-0.1, -0.05) is 23.7 Å². The summed E-state index contributed by atoms with van der Waals surface area (Å²) in [5.41, 5.74) is 7.28. The van der Waals surface area contributed by atoms with Gasteiger partial charge < -0.3 is 11.1 Å². The van der Waals surface area contributed by atoms with Crippen molar-refractivity contribution in [2.24, 2.45) is 0 Å². The summed E-state index contributed by atoms with van der Waals surface area (Å²) in [7, 11) is 0. The van der Waals surface area contributed by atoms with Crippen molar-refractivity contribution < 1.29 is 4.79 Å². The summed E-state index contributed by atoms with van der Waals surface area (Å²) in [6.45, 7) is 1.85.